The van der Waals surface area contributed by atoms with Gasteiger partial charge in [0.15, 0.2) is 5.78 Å². The minimum absolute atomic E-state index is 0.0876. The second kappa shape index (κ2) is 5.89. The second-order valence-electron chi connectivity index (χ2n) is 4.35. The maximum Gasteiger partial charge on any atom is 0.165 e. The van der Waals surface area contributed by atoms with Gasteiger partial charge < -0.3 is 0 Å². The summed E-state index contributed by atoms with van der Waals surface area (Å²) in [4.78, 5) is 12.0. The molecule has 0 aromatic heterocycles. The van der Waals surface area contributed by atoms with Crippen molar-refractivity contribution in [3.05, 3.63) is 24.3 Å². The average Bonchev–Trinajstić information content (AvgIpc) is 2.54. The minimum Gasteiger partial charge on any atom is -0.294 e. The van der Waals surface area contributed by atoms with Gasteiger partial charge in [0, 0.05) is 5.92 Å². The van der Waals surface area contributed by atoms with Crippen molar-refractivity contribution < 1.29 is 4.79 Å². The molecule has 1 fully saturated rings. The van der Waals surface area contributed by atoms with E-state index in [2.05, 4.69) is 26.5 Å². The summed E-state index contributed by atoms with van der Waals surface area (Å²) in [6, 6.07) is 0. The molecule has 84 valence electrons. The monoisotopic (exact) mass is 206 g/mol. The van der Waals surface area contributed by atoms with Gasteiger partial charge in [-0.05, 0) is 30.8 Å². The summed E-state index contributed by atoms with van der Waals surface area (Å²) in [5, 5.41) is 0. The van der Waals surface area contributed by atoms with E-state index in [-0.39, 0.29) is 5.92 Å². The van der Waals surface area contributed by atoms with Gasteiger partial charge in [-0.1, -0.05) is 38.8 Å². The van der Waals surface area contributed by atoms with Gasteiger partial charge >= 0.3 is 0 Å². The van der Waals surface area contributed by atoms with E-state index < -0.39 is 0 Å². The Labute approximate surface area is 93.3 Å². The topological polar surface area (TPSA) is 17.1 Å². The Morgan fingerprint density at radius 3 is 2.73 bits per heavy atom. The summed E-state index contributed by atoms with van der Waals surface area (Å²) in [5.41, 5.74) is 1.08. The molecule has 0 bridgehead atoms. The van der Waals surface area contributed by atoms with Gasteiger partial charge in [0.1, 0.15) is 0 Å². The predicted molar refractivity (Wildman–Crippen MR) is 64.7 cm³/mol. The van der Waals surface area contributed by atoms with Gasteiger partial charge in [0.2, 0.25) is 0 Å². The van der Waals surface area contributed by atoms with Crippen molar-refractivity contribution in [2.24, 2.45) is 11.8 Å². The Morgan fingerprint density at radius 1 is 1.47 bits per heavy atom. The molecule has 1 aliphatic carbocycles. The van der Waals surface area contributed by atoms with E-state index in [4.69, 9.17) is 0 Å². The van der Waals surface area contributed by atoms with E-state index in [0.29, 0.717) is 11.7 Å². The highest BCUT2D eigenvalue weighted by molar-refractivity contribution is 6.00. The van der Waals surface area contributed by atoms with Crippen LogP contribution in [0.2, 0.25) is 0 Å². The highest BCUT2D eigenvalue weighted by Crippen LogP contribution is 2.36. The number of Topliss-reactive ketones (excluding diaryl/α,β-unsaturated/α-hetero) is 1. The SMILES string of the molecule is C=CC1CC(CCCC)/C(=C\CC)C1=O. The molecule has 0 spiro atoms. The number of rotatable bonds is 5. The van der Waals surface area contributed by atoms with Gasteiger partial charge in [-0.2, -0.15) is 0 Å². The van der Waals surface area contributed by atoms with Crippen molar-refractivity contribution in [1.29, 1.82) is 0 Å². The average molecular weight is 206 g/mol. The Hall–Kier alpha value is -0.850. The summed E-state index contributed by atoms with van der Waals surface area (Å²) in [6.45, 7) is 8.05. The summed E-state index contributed by atoms with van der Waals surface area (Å²) in [6.07, 6.45) is 9.50. The molecule has 0 amide bonds. The Kier molecular flexibility index (Phi) is 4.80. The van der Waals surface area contributed by atoms with E-state index in [1.54, 1.807) is 0 Å². The zero-order valence-electron chi connectivity index (χ0n) is 9.96. The maximum atomic E-state index is 12.0. The minimum atomic E-state index is 0.0876. The standard InChI is InChI=1S/C14H22O/c1-4-7-9-12-10-11(6-3)14(15)13(12)8-5-2/h6,8,11-12H,3-5,7,9-10H2,1-2H3/b13-8+. The van der Waals surface area contributed by atoms with Crippen LogP contribution in [0.4, 0.5) is 0 Å². The fourth-order valence-corrected chi connectivity index (χ4v) is 2.37. The van der Waals surface area contributed by atoms with Crippen molar-refractivity contribution >= 4 is 5.78 Å². The molecule has 0 N–H and O–H groups in total. The third kappa shape index (κ3) is 2.80. The summed E-state index contributed by atoms with van der Waals surface area (Å²) < 4.78 is 0. The van der Waals surface area contributed by atoms with Crippen LogP contribution in [-0.2, 0) is 4.79 Å². The van der Waals surface area contributed by atoms with Crippen LogP contribution in [0.3, 0.4) is 0 Å². The first-order chi connectivity index (χ1) is 7.24. The largest absolute Gasteiger partial charge is 0.294 e. The molecule has 1 saturated carbocycles. The lowest BCUT2D eigenvalue weighted by Gasteiger charge is -2.09. The quantitative estimate of drug-likeness (QED) is 0.492. The second-order valence-corrected chi connectivity index (χ2v) is 4.35. The van der Waals surface area contributed by atoms with E-state index in [0.717, 1.165) is 18.4 Å². The molecule has 0 heterocycles. The first kappa shape index (κ1) is 12.2. The molecule has 2 atom stereocenters. The van der Waals surface area contributed by atoms with Crippen LogP contribution in [0, 0.1) is 11.8 Å². The smallest absolute Gasteiger partial charge is 0.165 e. The number of hydrogen-bond acceptors (Lipinski definition) is 1. The lowest BCUT2D eigenvalue weighted by Crippen LogP contribution is -2.04. The van der Waals surface area contributed by atoms with E-state index in [1.807, 2.05) is 6.08 Å². The van der Waals surface area contributed by atoms with Crippen molar-refractivity contribution in [3.8, 4) is 0 Å². The number of carbonyl (C=O) groups excluding carboxylic acids is 1. The van der Waals surface area contributed by atoms with Gasteiger partial charge in [0.25, 0.3) is 0 Å². The molecule has 1 aliphatic rings. The molecule has 2 unspecified atom stereocenters. The number of allylic oxidation sites excluding steroid dienone is 3. The Balaban J connectivity index is 2.73. The molecular formula is C14H22O. The molecule has 1 rings (SSSR count). The number of carbonyl (C=O) groups is 1. The van der Waals surface area contributed by atoms with Crippen molar-refractivity contribution in [3.63, 3.8) is 0 Å². The Morgan fingerprint density at radius 2 is 2.20 bits per heavy atom. The van der Waals surface area contributed by atoms with Crippen LogP contribution in [0.25, 0.3) is 0 Å². The first-order valence-electron chi connectivity index (χ1n) is 6.11. The zero-order valence-corrected chi connectivity index (χ0v) is 9.96. The summed E-state index contributed by atoms with van der Waals surface area (Å²) in [7, 11) is 0. The van der Waals surface area contributed by atoms with Crippen molar-refractivity contribution in [2.45, 2.75) is 46.0 Å². The highest BCUT2D eigenvalue weighted by atomic mass is 16.1. The molecule has 0 aromatic rings. The fourth-order valence-electron chi connectivity index (χ4n) is 2.37. The molecule has 1 nitrogen and oxygen atoms in total. The van der Waals surface area contributed by atoms with Crippen molar-refractivity contribution in [2.75, 3.05) is 0 Å². The van der Waals surface area contributed by atoms with Crippen LogP contribution in [0.1, 0.15) is 46.0 Å². The first-order valence-corrected chi connectivity index (χ1v) is 6.11. The molecule has 0 aromatic carbocycles. The predicted octanol–water partition coefficient (Wildman–Crippen LogP) is 3.90. The molecule has 1 heteroatoms. The van der Waals surface area contributed by atoms with E-state index in [1.165, 1.54) is 19.3 Å². The van der Waals surface area contributed by atoms with Crippen molar-refractivity contribution in [1.82, 2.24) is 0 Å². The fraction of sp³-hybridized carbons (Fsp3) is 0.643. The van der Waals surface area contributed by atoms with Crippen LogP contribution < -0.4 is 0 Å². The zero-order chi connectivity index (χ0) is 11.3. The lowest BCUT2D eigenvalue weighted by molar-refractivity contribution is -0.116. The van der Waals surface area contributed by atoms with Crippen LogP contribution in [-0.4, -0.2) is 5.78 Å². The third-order valence-electron chi connectivity index (χ3n) is 3.21. The Bertz CT molecular complexity index is 263. The lowest BCUT2D eigenvalue weighted by atomic mass is 9.95. The number of hydrogen-bond donors (Lipinski definition) is 0. The van der Waals surface area contributed by atoms with Gasteiger partial charge in [-0.15, -0.1) is 6.58 Å². The van der Waals surface area contributed by atoms with Gasteiger partial charge in [-0.25, -0.2) is 0 Å². The van der Waals surface area contributed by atoms with Gasteiger partial charge in [0.05, 0.1) is 0 Å². The van der Waals surface area contributed by atoms with E-state index >= 15 is 0 Å². The number of ketones is 1. The number of unbranched alkanes of at least 4 members (excludes halogenated alkanes) is 1. The maximum absolute atomic E-state index is 12.0. The summed E-state index contributed by atoms with van der Waals surface area (Å²) in [5.74, 6) is 0.915. The van der Waals surface area contributed by atoms with E-state index in [9.17, 15) is 4.79 Å². The van der Waals surface area contributed by atoms with Gasteiger partial charge in [-0.3, -0.25) is 4.79 Å². The van der Waals surface area contributed by atoms with Crippen LogP contribution in [0.15, 0.2) is 24.3 Å². The van der Waals surface area contributed by atoms with Crippen LogP contribution >= 0.6 is 0 Å². The normalized spacial score (nSPS) is 28.7. The molecule has 0 aliphatic heterocycles. The van der Waals surface area contributed by atoms with Crippen LogP contribution in [0.5, 0.6) is 0 Å². The molecule has 0 radical (unpaired) electrons. The molecule has 15 heavy (non-hydrogen) atoms. The molecule has 0 saturated heterocycles. The highest BCUT2D eigenvalue weighted by Gasteiger charge is 2.34. The summed E-state index contributed by atoms with van der Waals surface area (Å²) >= 11 is 0. The third-order valence-corrected chi connectivity index (χ3v) is 3.21. The molecular weight excluding hydrogens is 184 g/mol.